The summed E-state index contributed by atoms with van der Waals surface area (Å²) < 4.78 is 0. The molecule has 104 valence electrons. The van der Waals surface area contributed by atoms with Gasteiger partial charge in [-0.2, -0.15) is 0 Å². The normalized spacial score (nSPS) is 18.1. The molecule has 0 radical (unpaired) electrons. The molecule has 3 heterocycles. The number of fused-ring (bicyclic) bond motifs is 1. The van der Waals surface area contributed by atoms with E-state index in [4.69, 9.17) is 11.6 Å². The van der Waals surface area contributed by atoms with Crippen molar-refractivity contribution in [2.24, 2.45) is 0 Å². The van der Waals surface area contributed by atoms with Crippen LogP contribution in [0.1, 0.15) is 18.9 Å². The molecule has 2 aromatic rings. The zero-order valence-corrected chi connectivity index (χ0v) is 12.1. The van der Waals surface area contributed by atoms with Gasteiger partial charge in [0, 0.05) is 35.9 Å². The number of rotatable bonds is 3. The molecule has 0 saturated carbocycles. The number of aliphatic hydroxyl groups is 1. The summed E-state index contributed by atoms with van der Waals surface area (Å²) in [4.78, 5) is 11.0. The highest BCUT2D eigenvalue weighted by atomic mass is 35.5. The number of hydrogen-bond donors (Lipinski definition) is 1. The van der Waals surface area contributed by atoms with Crippen LogP contribution in [0.5, 0.6) is 0 Å². The van der Waals surface area contributed by atoms with Gasteiger partial charge in [0.1, 0.15) is 11.0 Å². The summed E-state index contributed by atoms with van der Waals surface area (Å²) in [6, 6.07) is 2.30. The van der Waals surface area contributed by atoms with Gasteiger partial charge in [-0.15, -0.1) is 0 Å². The van der Waals surface area contributed by atoms with Gasteiger partial charge < -0.3 is 10.0 Å². The SMILES string of the molecule is C=C(CO)c1cnc(N2CC[C@H]2C)c2cnc(Cl)cc12. The van der Waals surface area contributed by atoms with E-state index in [2.05, 4.69) is 28.4 Å². The van der Waals surface area contributed by atoms with E-state index in [9.17, 15) is 5.11 Å². The lowest BCUT2D eigenvalue weighted by atomic mass is 10.0. The Morgan fingerprint density at radius 2 is 2.25 bits per heavy atom. The van der Waals surface area contributed by atoms with Crippen molar-refractivity contribution in [1.82, 2.24) is 9.97 Å². The fourth-order valence-corrected chi connectivity index (χ4v) is 2.68. The molecule has 1 N–H and O–H groups in total. The van der Waals surface area contributed by atoms with Crippen LogP contribution < -0.4 is 4.90 Å². The molecule has 0 unspecified atom stereocenters. The molecule has 0 aliphatic carbocycles. The predicted molar refractivity (Wildman–Crippen MR) is 82.1 cm³/mol. The number of nitrogens with zero attached hydrogens (tertiary/aromatic N) is 3. The summed E-state index contributed by atoms with van der Waals surface area (Å²) in [5.74, 6) is 0.928. The van der Waals surface area contributed by atoms with Crippen LogP contribution in [0.4, 0.5) is 5.82 Å². The first kappa shape index (κ1) is 13.3. The molecule has 0 bridgehead atoms. The van der Waals surface area contributed by atoms with Crippen molar-refractivity contribution >= 4 is 33.8 Å². The lowest BCUT2D eigenvalue weighted by Crippen LogP contribution is -2.46. The van der Waals surface area contributed by atoms with Crippen molar-refractivity contribution in [3.8, 4) is 0 Å². The van der Waals surface area contributed by atoms with Gasteiger partial charge in [0.25, 0.3) is 0 Å². The van der Waals surface area contributed by atoms with Crippen molar-refractivity contribution in [3.63, 3.8) is 0 Å². The molecule has 1 fully saturated rings. The molecule has 0 aromatic carbocycles. The second-order valence-electron chi connectivity index (χ2n) is 5.14. The Morgan fingerprint density at radius 3 is 2.85 bits per heavy atom. The second-order valence-corrected chi connectivity index (χ2v) is 5.53. The number of halogens is 1. The molecule has 0 spiro atoms. The van der Waals surface area contributed by atoms with Gasteiger partial charge in [0.2, 0.25) is 0 Å². The molecule has 3 rings (SSSR count). The standard InChI is InChI=1S/C15H16ClN3O/c1-9(8-20)12-6-18-15(19-4-3-10(19)2)13-7-17-14(16)5-11(12)13/h5-7,10,20H,1,3-4,8H2,2H3/t10-/m1/s1. The third kappa shape index (κ3) is 2.05. The van der Waals surface area contributed by atoms with Crippen LogP contribution in [0.15, 0.2) is 25.0 Å². The fourth-order valence-electron chi connectivity index (χ4n) is 2.52. The molecule has 1 atom stereocenters. The number of anilines is 1. The average Bonchev–Trinajstić information content (AvgIpc) is 2.44. The maximum Gasteiger partial charge on any atom is 0.138 e. The van der Waals surface area contributed by atoms with Gasteiger partial charge in [-0.3, -0.25) is 0 Å². The Labute approximate surface area is 122 Å². The number of aliphatic hydroxyl groups excluding tert-OH is 1. The summed E-state index contributed by atoms with van der Waals surface area (Å²) in [6.07, 6.45) is 4.69. The lowest BCUT2D eigenvalue weighted by Gasteiger charge is -2.40. The van der Waals surface area contributed by atoms with Gasteiger partial charge in [-0.25, -0.2) is 9.97 Å². The average molecular weight is 290 g/mol. The fraction of sp³-hybridized carbons (Fsp3) is 0.333. The summed E-state index contributed by atoms with van der Waals surface area (Å²) >= 11 is 6.01. The zero-order chi connectivity index (χ0) is 14.3. The zero-order valence-electron chi connectivity index (χ0n) is 11.3. The van der Waals surface area contributed by atoms with Gasteiger partial charge in [0.15, 0.2) is 0 Å². The van der Waals surface area contributed by atoms with E-state index in [1.165, 1.54) is 6.42 Å². The van der Waals surface area contributed by atoms with E-state index in [1.54, 1.807) is 12.4 Å². The number of hydrogen-bond acceptors (Lipinski definition) is 4. The second kappa shape index (κ2) is 5.04. The monoisotopic (exact) mass is 289 g/mol. The Morgan fingerprint density at radius 1 is 1.45 bits per heavy atom. The van der Waals surface area contributed by atoms with E-state index < -0.39 is 0 Å². The van der Waals surface area contributed by atoms with Crippen molar-refractivity contribution < 1.29 is 5.11 Å². The quantitative estimate of drug-likeness (QED) is 0.883. The van der Waals surface area contributed by atoms with Crippen LogP contribution in [0.2, 0.25) is 5.15 Å². The van der Waals surface area contributed by atoms with Gasteiger partial charge in [0.05, 0.1) is 6.61 Å². The molecule has 1 aliphatic rings. The Balaban J connectivity index is 2.22. The van der Waals surface area contributed by atoms with Crippen molar-refractivity contribution in [2.45, 2.75) is 19.4 Å². The molecule has 0 amide bonds. The van der Waals surface area contributed by atoms with Gasteiger partial charge >= 0.3 is 0 Å². The maximum absolute atomic E-state index is 9.31. The minimum absolute atomic E-state index is 0.101. The minimum Gasteiger partial charge on any atom is -0.392 e. The number of aromatic nitrogens is 2. The molecule has 2 aromatic heterocycles. The highest BCUT2D eigenvalue weighted by Gasteiger charge is 2.27. The summed E-state index contributed by atoms with van der Waals surface area (Å²) in [5.41, 5.74) is 1.46. The summed E-state index contributed by atoms with van der Waals surface area (Å²) in [6.45, 7) is 6.97. The van der Waals surface area contributed by atoms with E-state index in [1.807, 2.05) is 6.07 Å². The van der Waals surface area contributed by atoms with Crippen molar-refractivity contribution in [3.05, 3.63) is 35.8 Å². The first-order valence-corrected chi connectivity index (χ1v) is 6.99. The third-order valence-electron chi connectivity index (χ3n) is 3.88. The van der Waals surface area contributed by atoms with Crippen LogP contribution in [0, 0.1) is 0 Å². The van der Waals surface area contributed by atoms with E-state index >= 15 is 0 Å². The van der Waals surface area contributed by atoms with Crippen LogP contribution in [0.25, 0.3) is 16.3 Å². The highest BCUT2D eigenvalue weighted by molar-refractivity contribution is 6.30. The molecule has 1 saturated heterocycles. The predicted octanol–water partition coefficient (Wildman–Crippen LogP) is 2.89. The van der Waals surface area contributed by atoms with Crippen molar-refractivity contribution in [2.75, 3.05) is 18.1 Å². The van der Waals surface area contributed by atoms with Crippen molar-refractivity contribution in [1.29, 1.82) is 0 Å². The minimum atomic E-state index is -0.101. The first-order valence-electron chi connectivity index (χ1n) is 6.61. The highest BCUT2D eigenvalue weighted by Crippen LogP contribution is 2.34. The molecule has 1 aliphatic heterocycles. The lowest BCUT2D eigenvalue weighted by molar-refractivity contribution is 0.350. The topological polar surface area (TPSA) is 49.3 Å². The van der Waals surface area contributed by atoms with Crippen LogP contribution in [-0.4, -0.2) is 34.3 Å². The molecular weight excluding hydrogens is 274 g/mol. The smallest absolute Gasteiger partial charge is 0.138 e. The van der Waals surface area contributed by atoms with E-state index in [0.29, 0.717) is 16.8 Å². The maximum atomic E-state index is 9.31. The van der Waals surface area contributed by atoms with E-state index in [0.717, 1.165) is 28.7 Å². The number of pyridine rings is 2. The molecule has 4 nitrogen and oxygen atoms in total. The van der Waals surface area contributed by atoms with Gasteiger partial charge in [-0.1, -0.05) is 18.2 Å². The molecular formula is C15H16ClN3O. The Kier molecular flexibility index (Phi) is 3.36. The largest absolute Gasteiger partial charge is 0.392 e. The summed E-state index contributed by atoms with van der Waals surface area (Å²) in [5, 5.41) is 11.6. The Bertz CT molecular complexity index is 686. The first-order chi connectivity index (χ1) is 9.61. The van der Waals surface area contributed by atoms with Crippen LogP contribution >= 0.6 is 11.6 Å². The van der Waals surface area contributed by atoms with Gasteiger partial charge in [-0.05, 0) is 30.4 Å². The molecule has 20 heavy (non-hydrogen) atoms. The van der Waals surface area contributed by atoms with E-state index in [-0.39, 0.29) is 6.61 Å². The van der Waals surface area contributed by atoms with Crippen LogP contribution in [0.3, 0.4) is 0 Å². The molecule has 5 heteroatoms. The summed E-state index contributed by atoms with van der Waals surface area (Å²) in [7, 11) is 0. The third-order valence-corrected chi connectivity index (χ3v) is 4.09. The Hall–Kier alpha value is -1.65. The van der Waals surface area contributed by atoms with Crippen LogP contribution in [-0.2, 0) is 0 Å².